The van der Waals surface area contributed by atoms with Crippen molar-refractivity contribution in [1.29, 1.82) is 0 Å². The van der Waals surface area contributed by atoms with Crippen molar-refractivity contribution in [2.75, 3.05) is 13.2 Å². The van der Waals surface area contributed by atoms with Crippen LogP contribution in [0.25, 0.3) is 0 Å². The smallest absolute Gasteiger partial charge is 0.462 e. The summed E-state index contributed by atoms with van der Waals surface area (Å²) in [5, 5.41) is 0. The van der Waals surface area contributed by atoms with Crippen molar-refractivity contribution in [3.63, 3.8) is 0 Å². The molecule has 0 fully saturated rings. The highest BCUT2D eigenvalue weighted by Gasteiger charge is 2.22. The maximum Gasteiger partial charge on any atom is 0.469 e. The second-order valence-corrected chi connectivity index (χ2v) is 15.9. The van der Waals surface area contributed by atoms with E-state index in [0.717, 1.165) is 32.1 Å². The molecule has 0 aromatic heterocycles. The van der Waals surface area contributed by atoms with Crippen molar-refractivity contribution in [2.24, 2.45) is 0 Å². The first-order chi connectivity index (χ1) is 24.3. The fraction of sp³-hybridized carbons (Fsp3) is 0.951. The zero-order valence-electron chi connectivity index (χ0n) is 32.8. The van der Waals surface area contributed by atoms with Gasteiger partial charge in [0.2, 0.25) is 0 Å². The predicted octanol–water partition coefficient (Wildman–Crippen LogP) is 12.9. The molecular formula is C41H81O8P. The van der Waals surface area contributed by atoms with E-state index < -0.39 is 32.5 Å². The van der Waals surface area contributed by atoms with Crippen LogP contribution in [-0.2, 0) is 28.2 Å². The van der Waals surface area contributed by atoms with Crippen molar-refractivity contribution < 1.29 is 37.9 Å². The molecule has 0 spiro atoms. The van der Waals surface area contributed by atoms with Crippen LogP contribution in [0.5, 0.6) is 0 Å². The summed E-state index contributed by atoms with van der Waals surface area (Å²) >= 11 is 0. The number of hydrogen-bond donors (Lipinski definition) is 2. The Hall–Kier alpha value is -0.950. The second kappa shape index (κ2) is 37.8. The van der Waals surface area contributed by atoms with Crippen LogP contribution in [0.4, 0.5) is 0 Å². The number of rotatable bonds is 40. The summed E-state index contributed by atoms with van der Waals surface area (Å²) in [5.74, 6) is -0.868. The van der Waals surface area contributed by atoms with Gasteiger partial charge in [-0.25, -0.2) is 4.57 Å². The zero-order chi connectivity index (χ0) is 36.8. The van der Waals surface area contributed by atoms with Gasteiger partial charge in [0.25, 0.3) is 0 Å². The Morgan fingerprint density at radius 2 is 0.720 bits per heavy atom. The van der Waals surface area contributed by atoms with Gasteiger partial charge in [0.15, 0.2) is 6.10 Å². The summed E-state index contributed by atoms with van der Waals surface area (Å²) < 4.78 is 26.4. The van der Waals surface area contributed by atoms with E-state index in [1.807, 2.05) is 0 Å². The van der Waals surface area contributed by atoms with Gasteiger partial charge in [0.1, 0.15) is 6.61 Å². The molecule has 0 aromatic rings. The number of unbranched alkanes of at least 4 members (excludes halogenated alkanes) is 30. The van der Waals surface area contributed by atoms with Crippen LogP contribution in [0.15, 0.2) is 0 Å². The topological polar surface area (TPSA) is 119 Å². The van der Waals surface area contributed by atoms with E-state index in [9.17, 15) is 14.2 Å². The van der Waals surface area contributed by atoms with E-state index in [2.05, 4.69) is 18.4 Å². The molecule has 298 valence electrons. The van der Waals surface area contributed by atoms with E-state index in [-0.39, 0.29) is 19.4 Å². The lowest BCUT2D eigenvalue weighted by molar-refractivity contribution is -0.161. The van der Waals surface area contributed by atoms with Gasteiger partial charge in [-0.3, -0.25) is 14.1 Å². The maximum atomic E-state index is 12.4. The molecule has 0 aliphatic carbocycles. The van der Waals surface area contributed by atoms with Crippen molar-refractivity contribution in [3.8, 4) is 0 Å². The number of phosphoric ester groups is 1. The SMILES string of the molecule is CCCCCCCCCCCCCCCCCCCCCCC(=O)OC(COC(=O)CCCCCCCCCCCCCC)COP(=O)(O)O. The summed E-state index contributed by atoms with van der Waals surface area (Å²) in [4.78, 5) is 42.8. The number of carbonyl (C=O) groups excluding carboxylic acids is 2. The largest absolute Gasteiger partial charge is 0.469 e. The van der Waals surface area contributed by atoms with Crippen molar-refractivity contribution in [2.45, 2.75) is 238 Å². The van der Waals surface area contributed by atoms with Crippen LogP contribution < -0.4 is 0 Å². The Balaban J connectivity index is 3.82. The lowest BCUT2D eigenvalue weighted by Crippen LogP contribution is -2.29. The summed E-state index contributed by atoms with van der Waals surface area (Å²) in [7, 11) is -4.74. The van der Waals surface area contributed by atoms with Crippen molar-refractivity contribution >= 4 is 19.8 Å². The Morgan fingerprint density at radius 1 is 0.440 bits per heavy atom. The van der Waals surface area contributed by atoms with Gasteiger partial charge < -0.3 is 19.3 Å². The second-order valence-electron chi connectivity index (χ2n) is 14.7. The minimum absolute atomic E-state index is 0.220. The van der Waals surface area contributed by atoms with Crippen LogP contribution in [0.1, 0.15) is 232 Å². The maximum absolute atomic E-state index is 12.4. The monoisotopic (exact) mass is 733 g/mol. The number of phosphoric acid groups is 1. The lowest BCUT2D eigenvalue weighted by atomic mass is 10.0. The Morgan fingerprint density at radius 3 is 1.02 bits per heavy atom. The predicted molar refractivity (Wildman–Crippen MR) is 207 cm³/mol. The standard InChI is InChI=1S/C41H81O8P/c1-3-5-7-9-11-13-15-17-18-19-20-21-22-23-24-26-28-30-32-34-36-41(43)49-39(38-48-50(44,45)46)37-47-40(42)35-33-31-29-27-25-16-14-12-10-8-6-4-2/h39H,3-38H2,1-2H3,(H2,44,45,46). The Labute approximate surface area is 308 Å². The van der Waals surface area contributed by atoms with E-state index in [1.54, 1.807) is 0 Å². The highest BCUT2D eigenvalue weighted by Crippen LogP contribution is 2.36. The van der Waals surface area contributed by atoms with Crippen LogP contribution in [-0.4, -0.2) is 41.0 Å². The molecule has 0 bridgehead atoms. The first-order valence-corrected chi connectivity index (χ1v) is 22.9. The van der Waals surface area contributed by atoms with Gasteiger partial charge in [-0.1, -0.05) is 206 Å². The van der Waals surface area contributed by atoms with E-state index in [1.165, 1.54) is 167 Å². The highest BCUT2D eigenvalue weighted by molar-refractivity contribution is 7.46. The molecule has 0 aliphatic rings. The van der Waals surface area contributed by atoms with Gasteiger partial charge in [-0.15, -0.1) is 0 Å². The molecule has 0 amide bonds. The highest BCUT2D eigenvalue weighted by atomic mass is 31.2. The molecule has 1 atom stereocenters. The molecule has 0 saturated carbocycles. The molecule has 50 heavy (non-hydrogen) atoms. The number of esters is 2. The number of hydrogen-bond acceptors (Lipinski definition) is 6. The summed E-state index contributed by atoms with van der Waals surface area (Å²) in [5.41, 5.74) is 0. The zero-order valence-corrected chi connectivity index (χ0v) is 33.7. The minimum Gasteiger partial charge on any atom is -0.462 e. The molecule has 1 unspecified atom stereocenters. The quantitative estimate of drug-likeness (QED) is 0.0363. The molecular weight excluding hydrogens is 651 g/mol. The third-order valence-electron chi connectivity index (χ3n) is 9.63. The van der Waals surface area contributed by atoms with Gasteiger partial charge >= 0.3 is 19.8 Å². The summed E-state index contributed by atoms with van der Waals surface area (Å²) in [6.07, 6.45) is 39.7. The third-order valence-corrected chi connectivity index (χ3v) is 10.1. The molecule has 0 aliphatic heterocycles. The molecule has 0 saturated heterocycles. The molecule has 2 N–H and O–H groups in total. The van der Waals surface area contributed by atoms with Crippen LogP contribution in [0, 0.1) is 0 Å². The molecule has 0 rings (SSSR count). The van der Waals surface area contributed by atoms with E-state index >= 15 is 0 Å². The van der Waals surface area contributed by atoms with E-state index in [0.29, 0.717) is 6.42 Å². The van der Waals surface area contributed by atoms with Gasteiger partial charge in [-0.2, -0.15) is 0 Å². The van der Waals surface area contributed by atoms with Gasteiger partial charge in [-0.05, 0) is 12.8 Å². The summed E-state index contributed by atoms with van der Waals surface area (Å²) in [6.45, 7) is 3.71. The van der Waals surface area contributed by atoms with Crippen molar-refractivity contribution in [1.82, 2.24) is 0 Å². The Bertz CT molecular complexity index is 787. The normalized spacial score (nSPS) is 12.3. The van der Waals surface area contributed by atoms with Crippen molar-refractivity contribution in [3.05, 3.63) is 0 Å². The first kappa shape index (κ1) is 49.0. The molecule has 0 heterocycles. The van der Waals surface area contributed by atoms with E-state index in [4.69, 9.17) is 19.3 Å². The average molecular weight is 733 g/mol. The van der Waals surface area contributed by atoms with Crippen LogP contribution in [0.3, 0.4) is 0 Å². The lowest BCUT2D eigenvalue weighted by Gasteiger charge is -2.18. The first-order valence-electron chi connectivity index (χ1n) is 21.3. The fourth-order valence-corrected chi connectivity index (χ4v) is 6.79. The number of ether oxygens (including phenoxy) is 2. The minimum atomic E-state index is -4.74. The average Bonchev–Trinajstić information content (AvgIpc) is 3.08. The molecule has 8 nitrogen and oxygen atoms in total. The fourth-order valence-electron chi connectivity index (χ4n) is 6.43. The van der Waals surface area contributed by atoms with Gasteiger partial charge in [0.05, 0.1) is 6.61 Å². The molecule has 9 heteroatoms. The summed E-state index contributed by atoms with van der Waals surface area (Å²) in [6, 6.07) is 0. The number of carbonyl (C=O) groups is 2. The molecule has 0 radical (unpaired) electrons. The van der Waals surface area contributed by atoms with Crippen LogP contribution >= 0.6 is 7.82 Å². The van der Waals surface area contributed by atoms with Gasteiger partial charge in [0, 0.05) is 12.8 Å². The Kier molecular flexibility index (Phi) is 37.1. The third kappa shape index (κ3) is 39.8. The van der Waals surface area contributed by atoms with Crippen LogP contribution in [0.2, 0.25) is 0 Å². The molecule has 0 aromatic carbocycles.